The number of amides is 1. The maximum atomic E-state index is 13.9. The van der Waals surface area contributed by atoms with Crippen LogP contribution < -0.4 is 24.3 Å². The van der Waals surface area contributed by atoms with E-state index < -0.39 is 17.5 Å². The topological polar surface area (TPSA) is 95.6 Å². The number of allylic oxidation sites excluding steroid dienone is 1. The molecule has 38 heavy (non-hydrogen) atoms. The summed E-state index contributed by atoms with van der Waals surface area (Å²) in [6, 6.07) is 10.4. The van der Waals surface area contributed by atoms with Crippen LogP contribution in [0.5, 0.6) is 23.0 Å². The highest BCUT2D eigenvalue weighted by atomic mass is 32.2. The number of rotatable bonds is 6. The highest BCUT2D eigenvalue weighted by molar-refractivity contribution is 8.05. The quantitative estimate of drug-likeness (QED) is 0.428. The van der Waals surface area contributed by atoms with Crippen molar-refractivity contribution in [1.82, 2.24) is 10.2 Å². The second-order valence-corrected chi connectivity index (χ2v) is 10.4. The SMILES string of the molecule is COC(=O)C1=C(C)N[C@@H]2S/C(=C\c3ccc4c(c3)OCCO4)C(=O)N2[C@H]1c1ccc(OC(C)C)c(OC)c1. The van der Waals surface area contributed by atoms with Crippen molar-refractivity contribution in [2.24, 2.45) is 0 Å². The van der Waals surface area contributed by atoms with Gasteiger partial charge in [0.05, 0.1) is 36.8 Å². The molecule has 0 unspecified atom stereocenters. The van der Waals surface area contributed by atoms with Crippen molar-refractivity contribution >= 4 is 29.7 Å². The van der Waals surface area contributed by atoms with Gasteiger partial charge in [-0.05, 0) is 62.2 Å². The van der Waals surface area contributed by atoms with E-state index in [0.717, 1.165) is 5.56 Å². The lowest BCUT2D eigenvalue weighted by molar-refractivity contribution is -0.138. The number of methoxy groups -OCH3 is 2. The second kappa shape index (κ2) is 10.5. The molecule has 3 aliphatic heterocycles. The lowest BCUT2D eigenvalue weighted by Gasteiger charge is -2.39. The Bertz CT molecular complexity index is 1340. The van der Waals surface area contributed by atoms with Crippen molar-refractivity contribution in [3.8, 4) is 23.0 Å². The third kappa shape index (κ3) is 4.76. The van der Waals surface area contributed by atoms with Crippen LogP contribution in [-0.4, -0.2) is 55.8 Å². The molecular weight excluding hydrogens is 508 g/mol. The summed E-state index contributed by atoms with van der Waals surface area (Å²) in [5.74, 6) is 1.71. The molecule has 5 rings (SSSR count). The fraction of sp³-hybridized carbons (Fsp3) is 0.357. The molecule has 1 amide bonds. The molecule has 1 fully saturated rings. The van der Waals surface area contributed by atoms with E-state index in [1.807, 2.05) is 51.1 Å². The number of hydrogen-bond donors (Lipinski definition) is 1. The Morgan fingerprint density at radius 3 is 2.58 bits per heavy atom. The predicted molar refractivity (Wildman–Crippen MR) is 143 cm³/mol. The third-order valence-electron chi connectivity index (χ3n) is 6.37. The Morgan fingerprint density at radius 1 is 1.11 bits per heavy atom. The molecule has 1 saturated heterocycles. The number of nitrogens with one attached hydrogen (secondary N) is 1. The zero-order valence-electron chi connectivity index (χ0n) is 21.9. The molecule has 0 radical (unpaired) electrons. The normalized spacial score (nSPS) is 21.4. The summed E-state index contributed by atoms with van der Waals surface area (Å²) >= 11 is 1.39. The Kier molecular flexibility index (Phi) is 7.16. The zero-order valence-corrected chi connectivity index (χ0v) is 22.7. The van der Waals surface area contributed by atoms with E-state index in [-0.39, 0.29) is 12.0 Å². The number of fused-ring (bicyclic) bond motifs is 2. The van der Waals surface area contributed by atoms with Crippen LogP contribution in [0.2, 0.25) is 0 Å². The molecule has 9 nitrogen and oxygen atoms in total. The Balaban J connectivity index is 1.54. The second-order valence-electron chi connectivity index (χ2n) is 9.25. The predicted octanol–water partition coefficient (Wildman–Crippen LogP) is 4.25. The van der Waals surface area contributed by atoms with Gasteiger partial charge in [0.15, 0.2) is 28.5 Å². The number of nitrogens with zero attached hydrogens (tertiary/aromatic N) is 1. The summed E-state index contributed by atoms with van der Waals surface area (Å²) < 4.78 is 27.9. The number of ether oxygens (including phenoxy) is 5. The Hall–Kier alpha value is -3.79. The van der Waals surface area contributed by atoms with Crippen molar-refractivity contribution in [2.45, 2.75) is 38.4 Å². The van der Waals surface area contributed by atoms with Crippen LogP contribution in [0.15, 0.2) is 52.6 Å². The van der Waals surface area contributed by atoms with Gasteiger partial charge in [0, 0.05) is 5.70 Å². The molecule has 2 aromatic carbocycles. The monoisotopic (exact) mass is 538 g/mol. The summed E-state index contributed by atoms with van der Waals surface area (Å²) in [5.41, 5.74) is 2.11. The van der Waals surface area contributed by atoms with Crippen LogP contribution in [0.25, 0.3) is 6.08 Å². The standard InChI is InChI=1S/C28H30N2O7S/c1-15(2)37-20-9-7-18(14-21(20)33-4)25-24(27(32)34-5)16(3)29-28-30(25)26(31)23(38-28)13-17-6-8-19-22(12-17)36-11-10-35-19/h6-9,12-15,25,28-29H,10-11H2,1-5H3/b23-13-/t25-,28-/m0/s1. The molecule has 0 spiro atoms. The first-order chi connectivity index (χ1) is 18.3. The van der Waals surface area contributed by atoms with Crippen LogP contribution >= 0.6 is 11.8 Å². The van der Waals surface area contributed by atoms with Gasteiger partial charge in [0.2, 0.25) is 0 Å². The third-order valence-corrected chi connectivity index (χ3v) is 7.48. The summed E-state index contributed by atoms with van der Waals surface area (Å²) in [5, 5.41) is 3.31. The van der Waals surface area contributed by atoms with Gasteiger partial charge in [0.1, 0.15) is 13.2 Å². The molecular formula is C28H30N2O7S. The first kappa shape index (κ1) is 25.8. The van der Waals surface area contributed by atoms with Gasteiger partial charge in [-0.3, -0.25) is 9.69 Å². The fourth-order valence-electron chi connectivity index (χ4n) is 4.72. The van der Waals surface area contributed by atoms with E-state index in [1.165, 1.54) is 18.9 Å². The highest BCUT2D eigenvalue weighted by Crippen LogP contribution is 2.48. The number of thioether (sulfide) groups is 1. The largest absolute Gasteiger partial charge is 0.493 e. The summed E-state index contributed by atoms with van der Waals surface area (Å²) in [4.78, 5) is 29.0. The van der Waals surface area contributed by atoms with Crippen molar-refractivity contribution in [1.29, 1.82) is 0 Å². The molecule has 0 saturated carbocycles. The number of hydrogen-bond acceptors (Lipinski definition) is 9. The molecule has 0 aliphatic carbocycles. The van der Waals surface area contributed by atoms with Crippen molar-refractivity contribution < 1.29 is 33.3 Å². The van der Waals surface area contributed by atoms with Crippen molar-refractivity contribution in [3.05, 3.63) is 63.7 Å². The van der Waals surface area contributed by atoms with Gasteiger partial charge in [-0.1, -0.05) is 23.9 Å². The van der Waals surface area contributed by atoms with Gasteiger partial charge in [-0.2, -0.15) is 0 Å². The lowest BCUT2D eigenvalue weighted by Crippen LogP contribution is -2.49. The maximum Gasteiger partial charge on any atom is 0.337 e. The van der Waals surface area contributed by atoms with E-state index in [1.54, 1.807) is 24.1 Å². The minimum atomic E-state index is -0.693. The van der Waals surface area contributed by atoms with Crippen LogP contribution in [0.3, 0.4) is 0 Å². The van der Waals surface area contributed by atoms with E-state index in [9.17, 15) is 9.59 Å². The average Bonchev–Trinajstić information content (AvgIpc) is 3.21. The van der Waals surface area contributed by atoms with Gasteiger partial charge < -0.3 is 29.0 Å². The van der Waals surface area contributed by atoms with Crippen molar-refractivity contribution in [2.75, 3.05) is 27.4 Å². The number of benzene rings is 2. The molecule has 2 atom stereocenters. The van der Waals surface area contributed by atoms with Gasteiger partial charge in [0.25, 0.3) is 5.91 Å². The molecule has 3 heterocycles. The van der Waals surface area contributed by atoms with E-state index in [0.29, 0.717) is 58.0 Å². The van der Waals surface area contributed by atoms with Crippen LogP contribution in [0, 0.1) is 0 Å². The number of esters is 1. The van der Waals surface area contributed by atoms with Crippen LogP contribution in [0.4, 0.5) is 0 Å². The Labute approximate surface area is 225 Å². The smallest absolute Gasteiger partial charge is 0.337 e. The lowest BCUT2D eigenvalue weighted by atomic mass is 9.93. The van der Waals surface area contributed by atoms with Gasteiger partial charge >= 0.3 is 5.97 Å². The van der Waals surface area contributed by atoms with Crippen molar-refractivity contribution in [3.63, 3.8) is 0 Å². The maximum absolute atomic E-state index is 13.9. The van der Waals surface area contributed by atoms with Gasteiger partial charge in [-0.15, -0.1) is 0 Å². The molecule has 0 bridgehead atoms. The Morgan fingerprint density at radius 2 is 1.87 bits per heavy atom. The molecule has 1 N–H and O–H groups in total. The molecule has 10 heteroatoms. The minimum Gasteiger partial charge on any atom is -0.493 e. The zero-order chi connectivity index (χ0) is 27.0. The number of carbonyl (C=O) groups is 2. The average molecular weight is 539 g/mol. The minimum absolute atomic E-state index is 0.0457. The van der Waals surface area contributed by atoms with E-state index in [2.05, 4.69) is 5.32 Å². The summed E-state index contributed by atoms with van der Waals surface area (Å²) in [6.07, 6.45) is 1.78. The van der Waals surface area contributed by atoms with E-state index >= 15 is 0 Å². The summed E-state index contributed by atoms with van der Waals surface area (Å²) in [7, 11) is 2.89. The first-order valence-electron chi connectivity index (χ1n) is 12.3. The van der Waals surface area contributed by atoms with Crippen LogP contribution in [-0.2, 0) is 14.3 Å². The fourth-order valence-corrected chi connectivity index (χ4v) is 5.94. The summed E-state index contributed by atoms with van der Waals surface area (Å²) in [6.45, 7) is 6.67. The molecule has 2 aromatic rings. The first-order valence-corrected chi connectivity index (χ1v) is 13.2. The van der Waals surface area contributed by atoms with E-state index in [4.69, 9.17) is 23.7 Å². The number of carbonyl (C=O) groups excluding carboxylic acids is 2. The van der Waals surface area contributed by atoms with Crippen LogP contribution in [0.1, 0.15) is 37.9 Å². The highest BCUT2D eigenvalue weighted by Gasteiger charge is 2.48. The molecule has 0 aromatic heterocycles. The van der Waals surface area contributed by atoms with Gasteiger partial charge in [-0.25, -0.2) is 4.79 Å². The molecule has 3 aliphatic rings. The molecule has 200 valence electrons.